The van der Waals surface area contributed by atoms with Crippen LogP contribution in [-0.4, -0.2) is 26.3 Å². The minimum atomic E-state index is -0.457. The van der Waals surface area contributed by atoms with Gasteiger partial charge < -0.3 is 5.11 Å². The van der Waals surface area contributed by atoms with Crippen LogP contribution in [0.15, 0.2) is 24.3 Å². The van der Waals surface area contributed by atoms with Gasteiger partial charge in [0.15, 0.2) is 10.9 Å². The first-order valence-corrected chi connectivity index (χ1v) is 13.5. The lowest BCUT2D eigenvalue weighted by atomic mass is 9.49. The largest absolute Gasteiger partial charge is 0.390 e. The smallest absolute Gasteiger partial charge is 0.158 e. The average Bonchev–Trinajstić information content (AvgIpc) is 3.30. The van der Waals surface area contributed by atoms with Crippen molar-refractivity contribution >= 4 is 28.3 Å². The van der Waals surface area contributed by atoms with Crippen molar-refractivity contribution in [1.29, 1.82) is 0 Å². The van der Waals surface area contributed by atoms with Crippen LogP contribution >= 0.6 is 11.6 Å². The highest BCUT2D eigenvalue weighted by molar-refractivity contribution is 6.34. The molecule has 2 aromatic rings. The maximum Gasteiger partial charge on any atom is 0.158 e. The summed E-state index contributed by atoms with van der Waals surface area (Å²) in [6, 6.07) is 7.92. The first-order valence-electron chi connectivity index (χ1n) is 13.1. The van der Waals surface area contributed by atoms with Crippen LogP contribution in [-0.2, 0) is 11.3 Å². The predicted octanol–water partition coefficient (Wildman–Crippen LogP) is 6.28. The molecule has 4 fully saturated rings. The van der Waals surface area contributed by atoms with Crippen molar-refractivity contribution in [3.8, 4) is 0 Å². The Labute approximate surface area is 202 Å². The number of para-hydroxylation sites is 1. The first kappa shape index (κ1) is 22.1. The zero-order valence-corrected chi connectivity index (χ0v) is 20.7. The van der Waals surface area contributed by atoms with Crippen molar-refractivity contribution in [2.75, 3.05) is 0 Å². The molecule has 0 aliphatic heterocycles. The highest BCUT2D eigenvalue weighted by atomic mass is 35.5. The molecule has 4 aliphatic rings. The van der Waals surface area contributed by atoms with E-state index in [2.05, 4.69) is 12.0 Å². The Balaban J connectivity index is 1.21. The molecule has 4 aliphatic carbocycles. The normalized spacial score (nSPS) is 42.5. The molecule has 1 aromatic heterocycles. The molecule has 8 atom stereocenters. The standard InChI is InChI=1S/C28H37ClN2O2/c1-27(33)13-11-18-17(15-27)7-8-20-19(18)12-14-28(2)22(20)9-10-23(28)25(32)16-31-24-6-4-3-5-21(24)26(29)30-31/h3-6,17-20,22-23,33H,7-16H2,1-2H3. The van der Waals surface area contributed by atoms with Crippen LogP contribution in [0.3, 0.4) is 0 Å². The molecule has 0 saturated heterocycles. The number of aliphatic hydroxyl groups is 1. The number of aromatic nitrogens is 2. The van der Waals surface area contributed by atoms with E-state index < -0.39 is 5.60 Å². The number of carbonyl (C=O) groups is 1. The van der Waals surface area contributed by atoms with Crippen LogP contribution in [0.1, 0.15) is 71.6 Å². The van der Waals surface area contributed by atoms with Crippen molar-refractivity contribution in [2.24, 2.45) is 40.9 Å². The van der Waals surface area contributed by atoms with E-state index in [1.54, 1.807) is 0 Å². The highest BCUT2D eigenvalue weighted by Crippen LogP contribution is 2.64. The van der Waals surface area contributed by atoms with Gasteiger partial charge in [-0.15, -0.1) is 0 Å². The zero-order valence-electron chi connectivity index (χ0n) is 20.0. The fraction of sp³-hybridized carbons (Fsp3) is 0.714. The lowest BCUT2D eigenvalue weighted by Crippen LogP contribution is -2.51. The predicted molar refractivity (Wildman–Crippen MR) is 131 cm³/mol. The summed E-state index contributed by atoms with van der Waals surface area (Å²) in [6.07, 6.45) is 10.4. The van der Waals surface area contributed by atoms with Gasteiger partial charge in [-0.1, -0.05) is 30.7 Å². The van der Waals surface area contributed by atoms with Gasteiger partial charge in [-0.25, -0.2) is 0 Å². The molecule has 6 rings (SSSR count). The van der Waals surface area contributed by atoms with Gasteiger partial charge >= 0.3 is 0 Å². The molecule has 0 bridgehead atoms. The Bertz CT molecular complexity index is 1080. The topological polar surface area (TPSA) is 55.1 Å². The molecule has 1 N–H and O–H groups in total. The van der Waals surface area contributed by atoms with Crippen molar-refractivity contribution in [1.82, 2.24) is 9.78 Å². The lowest BCUT2D eigenvalue weighted by molar-refractivity contribution is -0.133. The van der Waals surface area contributed by atoms with Crippen LogP contribution in [0.4, 0.5) is 0 Å². The molecular formula is C28H37ClN2O2. The average molecular weight is 469 g/mol. The zero-order chi connectivity index (χ0) is 23.0. The van der Waals surface area contributed by atoms with Crippen molar-refractivity contribution in [3.63, 3.8) is 0 Å². The fourth-order valence-electron chi connectivity index (χ4n) is 9.08. The third-order valence-electron chi connectivity index (χ3n) is 10.5. The third-order valence-corrected chi connectivity index (χ3v) is 10.8. The molecule has 33 heavy (non-hydrogen) atoms. The third kappa shape index (κ3) is 3.50. The number of rotatable bonds is 3. The molecule has 8 unspecified atom stereocenters. The maximum absolute atomic E-state index is 13.7. The number of halogens is 1. The molecule has 4 nitrogen and oxygen atoms in total. The van der Waals surface area contributed by atoms with E-state index >= 15 is 0 Å². The number of benzene rings is 1. The number of Topliss-reactive ketones (excluding diaryl/α,β-unsaturated/α-hetero) is 1. The summed E-state index contributed by atoms with van der Waals surface area (Å²) < 4.78 is 1.82. The Hall–Kier alpha value is -1.39. The first-order chi connectivity index (χ1) is 15.8. The molecule has 1 aromatic carbocycles. The van der Waals surface area contributed by atoms with Gasteiger partial charge in [-0.05, 0) is 112 Å². The molecule has 178 valence electrons. The van der Waals surface area contributed by atoms with E-state index in [0.717, 1.165) is 47.9 Å². The van der Waals surface area contributed by atoms with Crippen LogP contribution in [0.5, 0.6) is 0 Å². The Morgan fingerprint density at radius 1 is 1.06 bits per heavy atom. The number of hydrogen-bond donors (Lipinski definition) is 1. The number of nitrogens with zero attached hydrogens (tertiary/aromatic N) is 2. The van der Waals surface area contributed by atoms with Gasteiger partial charge in [-0.2, -0.15) is 5.10 Å². The maximum atomic E-state index is 13.7. The molecule has 0 spiro atoms. The highest BCUT2D eigenvalue weighted by Gasteiger charge is 2.58. The summed E-state index contributed by atoms with van der Waals surface area (Å²) in [7, 11) is 0. The van der Waals surface area contributed by atoms with Crippen LogP contribution in [0.25, 0.3) is 10.9 Å². The van der Waals surface area contributed by atoms with Gasteiger partial charge in [0, 0.05) is 11.3 Å². The molecule has 5 heteroatoms. The van der Waals surface area contributed by atoms with Crippen molar-refractivity contribution in [3.05, 3.63) is 29.4 Å². The Morgan fingerprint density at radius 3 is 2.70 bits per heavy atom. The van der Waals surface area contributed by atoms with Gasteiger partial charge in [0.1, 0.15) is 6.54 Å². The monoisotopic (exact) mass is 468 g/mol. The van der Waals surface area contributed by atoms with Gasteiger partial charge in [0.25, 0.3) is 0 Å². The molecular weight excluding hydrogens is 432 g/mol. The fourth-order valence-corrected chi connectivity index (χ4v) is 9.33. The number of hydrogen-bond acceptors (Lipinski definition) is 3. The van der Waals surface area contributed by atoms with Crippen LogP contribution in [0, 0.1) is 40.9 Å². The second-order valence-corrected chi connectivity index (χ2v) is 12.6. The molecule has 1 heterocycles. The Kier molecular flexibility index (Phi) is 5.23. The summed E-state index contributed by atoms with van der Waals surface area (Å²) >= 11 is 6.35. The quantitative estimate of drug-likeness (QED) is 0.576. The summed E-state index contributed by atoms with van der Waals surface area (Å²) in [6.45, 7) is 4.79. The minimum Gasteiger partial charge on any atom is -0.390 e. The summed E-state index contributed by atoms with van der Waals surface area (Å²) in [5, 5.41) is 16.5. The van der Waals surface area contributed by atoms with Crippen LogP contribution < -0.4 is 0 Å². The summed E-state index contributed by atoms with van der Waals surface area (Å²) in [4.78, 5) is 13.7. The Morgan fingerprint density at radius 2 is 1.85 bits per heavy atom. The van der Waals surface area contributed by atoms with E-state index in [1.807, 2.05) is 35.9 Å². The molecule has 0 amide bonds. The summed E-state index contributed by atoms with van der Waals surface area (Å²) in [5.74, 6) is 4.22. The second kappa shape index (κ2) is 7.81. The van der Waals surface area contributed by atoms with Gasteiger partial charge in [-0.3, -0.25) is 9.48 Å². The minimum absolute atomic E-state index is 0.123. The number of fused-ring (bicyclic) bond motifs is 6. The van der Waals surface area contributed by atoms with E-state index in [4.69, 9.17) is 11.6 Å². The number of ketones is 1. The van der Waals surface area contributed by atoms with Crippen LogP contribution in [0.2, 0.25) is 5.15 Å². The molecule has 0 radical (unpaired) electrons. The number of carbonyl (C=O) groups excluding carboxylic acids is 1. The van der Waals surface area contributed by atoms with E-state index in [-0.39, 0.29) is 11.3 Å². The van der Waals surface area contributed by atoms with Crippen molar-refractivity contribution in [2.45, 2.75) is 83.8 Å². The SMILES string of the molecule is CC1(O)CCC2C(CCC3C2CCC2(C)C(C(=O)Cn4nc(Cl)c5ccccc54)CCC32)C1. The second-order valence-electron chi connectivity index (χ2n) is 12.3. The van der Waals surface area contributed by atoms with E-state index in [9.17, 15) is 9.90 Å². The lowest BCUT2D eigenvalue weighted by Gasteiger charge is -2.56. The van der Waals surface area contributed by atoms with Gasteiger partial charge in [0.2, 0.25) is 0 Å². The van der Waals surface area contributed by atoms with E-state index in [0.29, 0.717) is 29.3 Å². The van der Waals surface area contributed by atoms with Crippen molar-refractivity contribution < 1.29 is 9.90 Å². The molecule has 4 saturated carbocycles. The van der Waals surface area contributed by atoms with Gasteiger partial charge in [0.05, 0.1) is 11.1 Å². The summed E-state index contributed by atoms with van der Waals surface area (Å²) in [5.41, 5.74) is 0.616. The van der Waals surface area contributed by atoms with E-state index in [1.165, 1.54) is 38.5 Å².